The molecule has 5 heterocycles. The van der Waals surface area contributed by atoms with Gasteiger partial charge in [-0.2, -0.15) is 15.0 Å². The van der Waals surface area contributed by atoms with Gasteiger partial charge < -0.3 is 28.7 Å². The van der Waals surface area contributed by atoms with Gasteiger partial charge in [0.1, 0.15) is 0 Å². The minimum Gasteiger partial charge on any atom is -0.478 e. The Morgan fingerprint density at radius 2 is 1.20 bits per heavy atom. The molecule has 61 heavy (non-hydrogen) atoms. The van der Waals surface area contributed by atoms with Gasteiger partial charge in [-0.1, -0.05) is 48.4 Å². The Bertz CT molecular complexity index is 2100. The van der Waals surface area contributed by atoms with E-state index in [4.69, 9.17) is 25.8 Å². The third kappa shape index (κ3) is 24.1. The second kappa shape index (κ2) is 26.4. The number of carbonyl (C=O) groups is 7. The topological polar surface area (TPSA) is 281 Å². The van der Waals surface area contributed by atoms with Crippen LogP contribution in [-0.2, 0) is 38.3 Å². The molecule has 0 atom stereocenters. The van der Waals surface area contributed by atoms with Crippen molar-refractivity contribution in [2.24, 2.45) is 10.8 Å². The van der Waals surface area contributed by atoms with E-state index in [1.54, 1.807) is 74.5 Å². The molecule has 0 unspecified atom stereocenters. The Kier molecular flexibility index (Phi) is 22.7. The van der Waals surface area contributed by atoms with Crippen LogP contribution in [0.25, 0.3) is 18.2 Å². The standard InChI is InChI=1S/C12H13N3O3.C11H14N2O4.C6H6N2O3.C6H9NO.C5H9ClO/c1-9-13-10(18-14-9)6-7-12(17)15-8-4-2-3-5-11(15)16;1-7-12-8(17-13-7)5-6-9(14)16-10(15)11(2,3)4;1-4-7-5(11-8-4)2-3-6(9)10;8-6-4-2-1-3-5-7-6;1-5(2,3)4(6)7/h3,5-7H,2,4,8H2,1H3;5-6H,1-4H3;2-3H,1H3,(H,9,10);2,4H,1,3,5H2,(H,7,8);1-3H3/b7-6+;6-5+;3-2+;;. The first-order chi connectivity index (χ1) is 28.5. The number of aromatic nitrogens is 6. The highest BCUT2D eigenvalue weighted by atomic mass is 35.5. The van der Waals surface area contributed by atoms with Crippen molar-refractivity contribution >= 4 is 70.7 Å². The fourth-order valence-electron chi connectivity index (χ4n) is 3.59. The molecule has 0 fully saturated rings. The smallest absolute Gasteiger partial charge is 0.338 e. The molecule has 21 heteroatoms. The first-order valence-electron chi connectivity index (χ1n) is 18.6. The van der Waals surface area contributed by atoms with Crippen molar-refractivity contribution in [3.05, 3.63) is 77.7 Å². The Morgan fingerprint density at radius 1 is 0.738 bits per heavy atom. The summed E-state index contributed by atoms with van der Waals surface area (Å²) in [5.41, 5.74) is -1.09. The zero-order chi connectivity index (χ0) is 46.2. The monoisotopic (exact) mass is 870 g/mol. The summed E-state index contributed by atoms with van der Waals surface area (Å²) in [7, 11) is 0. The molecule has 330 valence electrons. The van der Waals surface area contributed by atoms with E-state index in [1.807, 2.05) is 6.08 Å². The summed E-state index contributed by atoms with van der Waals surface area (Å²) < 4.78 is 18.8. The van der Waals surface area contributed by atoms with Gasteiger partial charge in [-0.15, -0.1) is 0 Å². The normalized spacial score (nSPS) is 13.9. The molecule has 0 saturated carbocycles. The summed E-state index contributed by atoms with van der Waals surface area (Å²) in [4.78, 5) is 89.5. The Morgan fingerprint density at radius 3 is 1.64 bits per heavy atom. The van der Waals surface area contributed by atoms with Crippen LogP contribution in [0.5, 0.6) is 0 Å². The quantitative estimate of drug-likeness (QED) is 0.137. The lowest BCUT2D eigenvalue weighted by molar-refractivity contribution is -0.162. The van der Waals surface area contributed by atoms with E-state index in [9.17, 15) is 33.6 Å². The fraction of sp³-hybridized carbons (Fsp3) is 0.425. The van der Waals surface area contributed by atoms with E-state index in [0.29, 0.717) is 24.0 Å². The first-order valence-corrected chi connectivity index (χ1v) is 19.0. The molecule has 3 aromatic heterocycles. The third-order valence-corrected chi connectivity index (χ3v) is 7.35. The zero-order valence-electron chi connectivity index (χ0n) is 35.5. The average Bonchev–Trinajstić information content (AvgIpc) is 3.81. The van der Waals surface area contributed by atoms with E-state index >= 15 is 0 Å². The SMILES string of the molecule is CC(C)(C)C(=O)Cl.Cc1noc(/C=C/C(=O)N2CCCC=CC2=O)n1.Cc1noc(/C=C/C(=O)O)n1.Cc1noc(/C=C/C(=O)OC(=O)C(C)(C)C)n1.O=C1C=CCCCN1. The van der Waals surface area contributed by atoms with Gasteiger partial charge in [0, 0.05) is 55.0 Å². The molecular formula is C40H51ClN8O12. The predicted octanol–water partition coefficient (Wildman–Crippen LogP) is 5.33. The molecule has 3 amide bonds. The minimum absolute atomic E-state index is 0.0440. The summed E-state index contributed by atoms with van der Waals surface area (Å²) in [6.45, 7) is 16.6. The number of imide groups is 1. The predicted molar refractivity (Wildman–Crippen MR) is 219 cm³/mol. The second-order valence-corrected chi connectivity index (χ2v) is 14.9. The van der Waals surface area contributed by atoms with Crippen LogP contribution in [0.4, 0.5) is 0 Å². The summed E-state index contributed by atoms with van der Waals surface area (Å²) in [5.74, 6) is -0.940. The number of carboxylic acid groups (broad SMARTS) is 1. The number of halogens is 1. The van der Waals surface area contributed by atoms with Gasteiger partial charge in [-0.05, 0) is 91.0 Å². The van der Waals surface area contributed by atoms with Gasteiger partial charge in [-0.25, -0.2) is 9.59 Å². The van der Waals surface area contributed by atoms with Crippen LogP contribution >= 0.6 is 11.6 Å². The molecular weight excluding hydrogens is 820 g/mol. The number of rotatable bonds is 6. The Balaban J connectivity index is 0.000000400. The van der Waals surface area contributed by atoms with Crippen molar-refractivity contribution in [2.75, 3.05) is 13.1 Å². The van der Waals surface area contributed by atoms with Crippen molar-refractivity contribution in [1.29, 1.82) is 0 Å². The number of hydrogen-bond acceptors (Lipinski definition) is 17. The molecule has 3 aromatic rings. The minimum atomic E-state index is -1.04. The van der Waals surface area contributed by atoms with Gasteiger partial charge in [0.2, 0.25) is 11.1 Å². The molecule has 2 N–H and O–H groups in total. The van der Waals surface area contributed by atoms with Gasteiger partial charge in [0.15, 0.2) is 17.5 Å². The van der Waals surface area contributed by atoms with Crippen LogP contribution in [0.2, 0.25) is 0 Å². The van der Waals surface area contributed by atoms with Crippen molar-refractivity contribution in [2.45, 2.75) is 88.0 Å². The summed E-state index contributed by atoms with van der Waals surface area (Å²) in [6.07, 6.45) is 17.6. The summed E-state index contributed by atoms with van der Waals surface area (Å²) >= 11 is 5.11. The lowest BCUT2D eigenvalue weighted by Crippen LogP contribution is -2.34. The van der Waals surface area contributed by atoms with Crippen LogP contribution in [0.15, 0.2) is 56.1 Å². The fourth-order valence-corrected chi connectivity index (χ4v) is 3.59. The maximum absolute atomic E-state index is 11.8. The molecule has 0 spiro atoms. The lowest BCUT2D eigenvalue weighted by Gasteiger charge is -2.14. The molecule has 2 aliphatic rings. The summed E-state index contributed by atoms with van der Waals surface area (Å²) in [6, 6.07) is 0. The maximum atomic E-state index is 11.8. The van der Waals surface area contributed by atoms with Crippen molar-refractivity contribution in [3.63, 3.8) is 0 Å². The van der Waals surface area contributed by atoms with Crippen molar-refractivity contribution in [3.8, 4) is 0 Å². The number of aliphatic carboxylic acids is 1. The molecule has 5 rings (SSSR count). The van der Waals surface area contributed by atoms with Crippen LogP contribution in [0, 0.1) is 31.6 Å². The number of aryl methyl sites for hydroxylation is 3. The molecule has 0 aliphatic carbocycles. The van der Waals surface area contributed by atoms with Crippen LogP contribution < -0.4 is 5.32 Å². The third-order valence-electron chi connectivity index (χ3n) is 6.79. The van der Waals surface area contributed by atoms with Crippen molar-refractivity contribution < 1.29 is 57.0 Å². The average molecular weight is 871 g/mol. The van der Waals surface area contributed by atoms with Crippen LogP contribution in [0.1, 0.15) is 102 Å². The number of carbonyl (C=O) groups excluding carboxylic acids is 6. The molecule has 0 radical (unpaired) electrons. The number of nitrogens with one attached hydrogen (secondary N) is 1. The van der Waals surface area contributed by atoms with E-state index in [2.05, 4.69) is 45.0 Å². The van der Waals surface area contributed by atoms with Gasteiger partial charge >= 0.3 is 17.9 Å². The molecule has 20 nitrogen and oxygen atoms in total. The largest absolute Gasteiger partial charge is 0.478 e. The lowest BCUT2D eigenvalue weighted by atomic mass is 9.97. The number of hydrogen-bond donors (Lipinski definition) is 2. The highest BCUT2D eigenvalue weighted by Gasteiger charge is 2.25. The number of allylic oxidation sites excluding steroid dienone is 2. The first kappa shape index (κ1) is 52.3. The number of esters is 2. The Labute approximate surface area is 357 Å². The second-order valence-electron chi connectivity index (χ2n) is 14.6. The number of amides is 3. The maximum Gasteiger partial charge on any atom is 0.338 e. The van der Waals surface area contributed by atoms with E-state index in [-0.39, 0.29) is 46.1 Å². The highest BCUT2D eigenvalue weighted by Crippen LogP contribution is 2.16. The molecule has 0 aromatic carbocycles. The molecule has 0 bridgehead atoms. The highest BCUT2D eigenvalue weighted by molar-refractivity contribution is 6.64. The number of carboxylic acids is 1. The number of ether oxygens (including phenoxy) is 1. The van der Waals surface area contributed by atoms with Crippen molar-refractivity contribution in [1.82, 2.24) is 40.6 Å². The van der Waals surface area contributed by atoms with Crippen LogP contribution in [-0.4, -0.2) is 94.4 Å². The van der Waals surface area contributed by atoms with Gasteiger partial charge in [0.05, 0.1) is 5.41 Å². The van der Waals surface area contributed by atoms with Gasteiger partial charge in [0.25, 0.3) is 29.5 Å². The zero-order valence-corrected chi connectivity index (χ0v) is 36.2. The van der Waals surface area contributed by atoms with E-state index in [1.165, 1.54) is 35.3 Å². The summed E-state index contributed by atoms with van der Waals surface area (Å²) in [5, 5.41) is 21.2. The van der Waals surface area contributed by atoms with Gasteiger partial charge in [-0.3, -0.25) is 28.9 Å². The number of nitrogens with zero attached hydrogens (tertiary/aromatic N) is 7. The molecule has 2 aliphatic heterocycles. The van der Waals surface area contributed by atoms with E-state index in [0.717, 1.165) is 44.4 Å². The van der Waals surface area contributed by atoms with E-state index < -0.39 is 23.3 Å². The molecule has 0 saturated heterocycles. The van der Waals surface area contributed by atoms with Crippen LogP contribution in [0.3, 0.4) is 0 Å². The Hall–Kier alpha value is -6.70.